The fourth-order valence-electron chi connectivity index (χ4n) is 1.98. The zero-order chi connectivity index (χ0) is 14.7. The van der Waals surface area contributed by atoms with Crippen LogP contribution in [-0.2, 0) is 18.8 Å². The van der Waals surface area contributed by atoms with Gasteiger partial charge in [0.25, 0.3) is 0 Å². The molecule has 1 aliphatic rings. The monoisotopic (exact) mass is 268 g/mol. The van der Waals surface area contributed by atoms with Gasteiger partial charge in [-0.2, -0.15) is 0 Å². The first-order chi connectivity index (χ1) is 8.73. The molecule has 0 radical (unpaired) electrons. The summed E-state index contributed by atoms with van der Waals surface area (Å²) in [6.07, 6.45) is 4.13. The van der Waals surface area contributed by atoms with Gasteiger partial charge in [-0.05, 0) is 41.5 Å². The molecule has 1 saturated heterocycles. The minimum atomic E-state index is -0.411. The Labute approximate surface area is 116 Å². The van der Waals surface area contributed by atoms with Gasteiger partial charge in [-0.1, -0.05) is 12.2 Å². The summed E-state index contributed by atoms with van der Waals surface area (Å²) in [6, 6.07) is 0. The van der Waals surface area contributed by atoms with Gasteiger partial charge in [-0.3, -0.25) is 4.79 Å². The summed E-state index contributed by atoms with van der Waals surface area (Å²) in [7, 11) is -0.411. The van der Waals surface area contributed by atoms with E-state index in [1.165, 1.54) is 0 Å². The van der Waals surface area contributed by atoms with E-state index in [4.69, 9.17) is 14.0 Å². The highest BCUT2D eigenvalue weighted by molar-refractivity contribution is 6.48. The lowest BCUT2D eigenvalue weighted by molar-refractivity contribution is -0.143. The van der Waals surface area contributed by atoms with Crippen molar-refractivity contribution in [3.63, 3.8) is 0 Å². The topological polar surface area (TPSA) is 44.8 Å². The molecule has 0 spiro atoms. The van der Waals surface area contributed by atoms with Crippen LogP contribution in [0.3, 0.4) is 0 Å². The van der Waals surface area contributed by atoms with E-state index in [1.54, 1.807) is 6.92 Å². The molecule has 0 aromatic rings. The Bertz CT molecular complexity index is 333. The number of carbonyl (C=O) groups excluding carboxylic acids is 1. The third-order valence-electron chi connectivity index (χ3n) is 3.77. The number of ether oxygens (including phenoxy) is 1. The second-order valence-electron chi connectivity index (χ2n) is 5.82. The van der Waals surface area contributed by atoms with Gasteiger partial charge in [0.15, 0.2) is 0 Å². The molecule has 1 heterocycles. The molecule has 0 saturated carbocycles. The number of carbonyl (C=O) groups is 1. The highest BCUT2D eigenvalue weighted by Gasteiger charge is 2.53. The largest absolute Gasteiger partial charge is 0.466 e. The van der Waals surface area contributed by atoms with Crippen LogP contribution in [0.25, 0.3) is 0 Å². The minimum Gasteiger partial charge on any atom is -0.466 e. The van der Waals surface area contributed by atoms with Crippen molar-refractivity contribution in [2.75, 3.05) is 6.61 Å². The molecule has 0 amide bonds. The second-order valence-corrected chi connectivity index (χ2v) is 5.82. The van der Waals surface area contributed by atoms with E-state index in [0.717, 1.165) is 0 Å². The summed E-state index contributed by atoms with van der Waals surface area (Å²) in [4.78, 5) is 11.6. The molecule has 0 aromatic carbocycles. The van der Waals surface area contributed by atoms with Gasteiger partial charge in [0, 0.05) is 5.82 Å². The highest BCUT2D eigenvalue weighted by atomic mass is 16.7. The van der Waals surface area contributed by atoms with Gasteiger partial charge >= 0.3 is 13.1 Å². The van der Waals surface area contributed by atoms with E-state index in [9.17, 15) is 4.79 Å². The first-order valence-corrected chi connectivity index (χ1v) is 6.87. The summed E-state index contributed by atoms with van der Waals surface area (Å²) >= 11 is 0. The van der Waals surface area contributed by atoms with Crippen LogP contribution in [-0.4, -0.2) is 30.9 Å². The van der Waals surface area contributed by atoms with Crippen LogP contribution in [0.5, 0.6) is 0 Å². The maximum atomic E-state index is 11.6. The summed E-state index contributed by atoms with van der Waals surface area (Å²) in [6.45, 7) is 12.1. The van der Waals surface area contributed by atoms with Gasteiger partial charge in [-0.15, -0.1) is 0 Å². The highest BCUT2D eigenvalue weighted by Crippen LogP contribution is 2.41. The van der Waals surface area contributed by atoms with Crippen molar-refractivity contribution >= 4 is 13.1 Å². The van der Waals surface area contributed by atoms with Gasteiger partial charge in [0.2, 0.25) is 0 Å². The van der Waals surface area contributed by atoms with E-state index >= 15 is 0 Å². The molecule has 5 heteroatoms. The Morgan fingerprint density at radius 2 is 1.79 bits per heavy atom. The fourth-order valence-corrected chi connectivity index (χ4v) is 1.98. The van der Waals surface area contributed by atoms with Crippen LogP contribution in [0.15, 0.2) is 12.2 Å². The second kappa shape index (κ2) is 6.10. The molecule has 108 valence electrons. The van der Waals surface area contributed by atoms with Crippen LogP contribution in [0, 0.1) is 0 Å². The zero-order valence-electron chi connectivity index (χ0n) is 12.9. The minimum absolute atomic E-state index is 0.120. The summed E-state index contributed by atoms with van der Waals surface area (Å²) in [5.74, 6) is -0.342. The number of hydrogen-bond donors (Lipinski definition) is 0. The van der Waals surface area contributed by atoms with Crippen molar-refractivity contribution in [1.82, 2.24) is 0 Å². The molecule has 1 atom stereocenters. The van der Waals surface area contributed by atoms with Gasteiger partial charge in [0.1, 0.15) is 0 Å². The first kappa shape index (κ1) is 16.2. The molecule has 0 aromatic heterocycles. The molecule has 1 aliphatic heterocycles. The lowest BCUT2D eigenvalue weighted by Crippen LogP contribution is -2.41. The normalized spacial score (nSPS) is 22.7. The maximum absolute atomic E-state index is 11.6. The molecular weight excluding hydrogens is 243 g/mol. The van der Waals surface area contributed by atoms with Crippen LogP contribution >= 0.6 is 0 Å². The molecular formula is C14H25BO4. The molecule has 0 N–H and O–H groups in total. The molecule has 19 heavy (non-hydrogen) atoms. The van der Waals surface area contributed by atoms with Gasteiger partial charge in [0.05, 0.1) is 24.2 Å². The standard InChI is InChI=1S/C14H25BO4/c1-7-9-11(10-12(16)17-8-2)15-18-13(3,4)14(5,6)19-15/h7,9,11H,8,10H2,1-6H3/b9-7+. The quantitative estimate of drug-likeness (QED) is 0.437. The average Bonchev–Trinajstić information content (AvgIpc) is 2.48. The van der Waals surface area contributed by atoms with Crippen molar-refractivity contribution in [3.05, 3.63) is 12.2 Å². The summed E-state index contributed by atoms with van der Waals surface area (Å²) in [5.41, 5.74) is -0.766. The van der Waals surface area contributed by atoms with Crippen molar-refractivity contribution in [2.45, 2.75) is 65.0 Å². The predicted octanol–water partition coefficient (Wildman–Crippen LogP) is 2.98. The third-order valence-corrected chi connectivity index (χ3v) is 3.77. The van der Waals surface area contributed by atoms with E-state index in [0.29, 0.717) is 6.61 Å². The van der Waals surface area contributed by atoms with Crippen molar-refractivity contribution in [2.24, 2.45) is 0 Å². The Hall–Kier alpha value is -0.805. The number of rotatable bonds is 5. The smallest absolute Gasteiger partial charge is 0.465 e. The Kier molecular flexibility index (Phi) is 5.22. The van der Waals surface area contributed by atoms with E-state index in [2.05, 4.69) is 0 Å². The first-order valence-electron chi connectivity index (χ1n) is 6.87. The van der Waals surface area contributed by atoms with Crippen molar-refractivity contribution in [1.29, 1.82) is 0 Å². The van der Waals surface area contributed by atoms with Gasteiger partial charge in [-0.25, -0.2) is 0 Å². The Balaban J connectivity index is 2.77. The maximum Gasteiger partial charge on any atom is 0.465 e. The van der Waals surface area contributed by atoms with Gasteiger partial charge < -0.3 is 14.0 Å². The molecule has 0 aliphatic carbocycles. The molecule has 1 fully saturated rings. The van der Waals surface area contributed by atoms with E-state index in [-0.39, 0.29) is 29.4 Å². The summed E-state index contributed by atoms with van der Waals surface area (Å²) < 4.78 is 17.0. The van der Waals surface area contributed by atoms with Crippen LogP contribution < -0.4 is 0 Å². The number of hydrogen-bond acceptors (Lipinski definition) is 4. The van der Waals surface area contributed by atoms with Crippen LogP contribution in [0.2, 0.25) is 5.82 Å². The fraction of sp³-hybridized carbons (Fsp3) is 0.786. The van der Waals surface area contributed by atoms with Crippen LogP contribution in [0.4, 0.5) is 0 Å². The molecule has 4 nitrogen and oxygen atoms in total. The molecule has 0 bridgehead atoms. The number of esters is 1. The average molecular weight is 268 g/mol. The SMILES string of the molecule is C/C=C/C(CC(=O)OCC)B1OC(C)(C)C(C)(C)O1. The van der Waals surface area contributed by atoms with E-state index < -0.39 is 7.12 Å². The Morgan fingerprint density at radius 1 is 1.26 bits per heavy atom. The van der Waals surface area contributed by atoms with Crippen molar-refractivity contribution in [3.8, 4) is 0 Å². The predicted molar refractivity (Wildman–Crippen MR) is 75.9 cm³/mol. The molecule has 1 unspecified atom stereocenters. The van der Waals surface area contributed by atoms with Crippen LogP contribution in [0.1, 0.15) is 48.0 Å². The van der Waals surface area contributed by atoms with E-state index in [1.807, 2.05) is 46.8 Å². The lowest BCUT2D eigenvalue weighted by atomic mass is 9.69. The zero-order valence-corrected chi connectivity index (χ0v) is 12.9. The Morgan fingerprint density at radius 3 is 2.21 bits per heavy atom. The third kappa shape index (κ3) is 3.83. The summed E-state index contributed by atoms with van der Waals surface area (Å²) in [5, 5.41) is 0. The lowest BCUT2D eigenvalue weighted by Gasteiger charge is -2.32. The molecule has 1 rings (SSSR count). The number of allylic oxidation sites excluding steroid dienone is 2. The van der Waals surface area contributed by atoms with Crippen molar-refractivity contribution < 1.29 is 18.8 Å².